The number of benzene rings is 1. The Balaban J connectivity index is 2.02. The standard InChI is InChI=1S/C17H27FN4/c1-5-19-17(21-16-8-12(16)2)20-10-13-6-7-15(18)14(9-13)11-22(3)4/h6-7,9,12,16H,5,8,10-11H2,1-4H3,(H2,19,20,21). The molecular weight excluding hydrogens is 279 g/mol. The summed E-state index contributed by atoms with van der Waals surface area (Å²) in [5.74, 6) is 1.41. The van der Waals surface area contributed by atoms with Gasteiger partial charge in [-0.1, -0.05) is 13.0 Å². The molecule has 1 aliphatic rings. The highest BCUT2D eigenvalue weighted by Gasteiger charge is 2.33. The third kappa shape index (κ3) is 4.98. The molecule has 1 aromatic carbocycles. The van der Waals surface area contributed by atoms with Gasteiger partial charge >= 0.3 is 0 Å². The average Bonchev–Trinajstić information content (AvgIpc) is 3.14. The zero-order chi connectivity index (χ0) is 16.1. The second-order valence-electron chi connectivity index (χ2n) is 6.32. The number of nitrogens with one attached hydrogen (secondary N) is 2. The summed E-state index contributed by atoms with van der Waals surface area (Å²) >= 11 is 0. The molecule has 2 atom stereocenters. The third-order valence-electron chi connectivity index (χ3n) is 3.79. The maximum atomic E-state index is 13.8. The van der Waals surface area contributed by atoms with Crippen LogP contribution in [0.5, 0.6) is 0 Å². The van der Waals surface area contributed by atoms with Crippen molar-refractivity contribution in [1.82, 2.24) is 15.5 Å². The number of rotatable bonds is 6. The van der Waals surface area contributed by atoms with Gasteiger partial charge < -0.3 is 15.5 Å². The van der Waals surface area contributed by atoms with Gasteiger partial charge in [0.25, 0.3) is 0 Å². The molecule has 0 aliphatic heterocycles. The van der Waals surface area contributed by atoms with Crippen molar-refractivity contribution >= 4 is 5.96 Å². The first-order valence-electron chi connectivity index (χ1n) is 7.96. The number of hydrogen-bond acceptors (Lipinski definition) is 2. The van der Waals surface area contributed by atoms with Crippen molar-refractivity contribution in [1.29, 1.82) is 0 Å². The van der Waals surface area contributed by atoms with Gasteiger partial charge in [0.15, 0.2) is 5.96 Å². The van der Waals surface area contributed by atoms with Crippen LogP contribution >= 0.6 is 0 Å². The van der Waals surface area contributed by atoms with Crippen LogP contribution in [0.1, 0.15) is 31.4 Å². The van der Waals surface area contributed by atoms with Gasteiger partial charge in [0.05, 0.1) is 6.54 Å². The molecule has 0 amide bonds. The molecule has 0 heterocycles. The minimum absolute atomic E-state index is 0.154. The van der Waals surface area contributed by atoms with Crippen molar-refractivity contribution in [3.05, 3.63) is 35.1 Å². The molecule has 4 nitrogen and oxygen atoms in total. The van der Waals surface area contributed by atoms with Crippen LogP contribution in [0.3, 0.4) is 0 Å². The van der Waals surface area contributed by atoms with Crippen molar-refractivity contribution in [3.63, 3.8) is 0 Å². The van der Waals surface area contributed by atoms with E-state index in [4.69, 9.17) is 0 Å². The largest absolute Gasteiger partial charge is 0.357 e. The number of guanidine groups is 1. The van der Waals surface area contributed by atoms with Gasteiger partial charge in [-0.05, 0) is 51.1 Å². The van der Waals surface area contributed by atoms with Gasteiger partial charge in [-0.3, -0.25) is 0 Å². The predicted octanol–water partition coefficient (Wildman–Crippen LogP) is 2.35. The lowest BCUT2D eigenvalue weighted by Gasteiger charge is -2.13. The Morgan fingerprint density at radius 1 is 1.41 bits per heavy atom. The maximum Gasteiger partial charge on any atom is 0.191 e. The van der Waals surface area contributed by atoms with Gasteiger partial charge in [0, 0.05) is 24.7 Å². The first kappa shape index (κ1) is 16.7. The lowest BCUT2D eigenvalue weighted by molar-refractivity contribution is 0.392. The molecule has 122 valence electrons. The highest BCUT2D eigenvalue weighted by molar-refractivity contribution is 5.80. The molecule has 5 heteroatoms. The van der Waals surface area contributed by atoms with Gasteiger partial charge in [0.2, 0.25) is 0 Å². The summed E-state index contributed by atoms with van der Waals surface area (Å²) < 4.78 is 13.8. The average molecular weight is 306 g/mol. The van der Waals surface area contributed by atoms with Gasteiger partial charge in [-0.15, -0.1) is 0 Å². The van der Waals surface area contributed by atoms with Crippen LogP contribution in [0.4, 0.5) is 4.39 Å². The molecule has 22 heavy (non-hydrogen) atoms. The summed E-state index contributed by atoms with van der Waals surface area (Å²) in [4.78, 5) is 6.57. The summed E-state index contributed by atoms with van der Waals surface area (Å²) in [6.07, 6.45) is 1.20. The van der Waals surface area contributed by atoms with Crippen LogP contribution < -0.4 is 10.6 Å². The normalized spacial score (nSPS) is 21.1. The van der Waals surface area contributed by atoms with Gasteiger partial charge in [-0.25, -0.2) is 9.38 Å². The lowest BCUT2D eigenvalue weighted by Crippen LogP contribution is -2.39. The van der Waals surface area contributed by atoms with Crippen LogP contribution in [-0.2, 0) is 13.1 Å². The third-order valence-corrected chi connectivity index (χ3v) is 3.79. The molecule has 2 rings (SSSR count). The zero-order valence-electron chi connectivity index (χ0n) is 14.0. The molecule has 2 unspecified atom stereocenters. The van der Waals surface area contributed by atoms with Crippen LogP contribution in [0, 0.1) is 11.7 Å². The van der Waals surface area contributed by atoms with E-state index >= 15 is 0 Å². The van der Waals surface area contributed by atoms with Crippen molar-refractivity contribution in [2.24, 2.45) is 10.9 Å². The van der Waals surface area contributed by atoms with E-state index in [2.05, 4.69) is 29.5 Å². The van der Waals surface area contributed by atoms with E-state index in [9.17, 15) is 4.39 Å². The molecule has 1 saturated carbocycles. The molecular formula is C17H27FN4. The van der Waals surface area contributed by atoms with Crippen LogP contribution in [-0.4, -0.2) is 37.5 Å². The second kappa shape index (κ2) is 7.58. The molecule has 0 bridgehead atoms. The molecule has 0 aromatic heterocycles. The summed E-state index contributed by atoms with van der Waals surface area (Å²) in [6.45, 7) is 6.27. The first-order chi connectivity index (χ1) is 10.5. The Kier molecular flexibility index (Phi) is 5.77. The molecule has 0 saturated heterocycles. The fourth-order valence-electron chi connectivity index (χ4n) is 2.38. The van der Waals surface area contributed by atoms with Crippen molar-refractivity contribution < 1.29 is 4.39 Å². The Labute approximate surface area is 132 Å². The Morgan fingerprint density at radius 2 is 2.14 bits per heavy atom. The molecule has 0 spiro atoms. The minimum Gasteiger partial charge on any atom is -0.357 e. The fraction of sp³-hybridized carbons (Fsp3) is 0.588. The molecule has 1 aromatic rings. The van der Waals surface area contributed by atoms with Gasteiger partial charge in [-0.2, -0.15) is 0 Å². The maximum absolute atomic E-state index is 13.8. The molecule has 0 radical (unpaired) electrons. The highest BCUT2D eigenvalue weighted by Crippen LogP contribution is 2.28. The highest BCUT2D eigenvalue weighted by atomic mass is 19.1. The zero-order valence-corrected chi connectivity index (χ0v) is 14.0. The van der Waals surface area contributed by atoms with Gasteiger partial charge in [0.1, 0.15) is 5.82 Å². The first-order valence-corrected chi connectivity index (χ1v) is 7.96. The quantitative estimate of drug-likeness (QED) is 0.626. The summed E-state index contributed by atoms with van der Waals surface area (Å²) in [5, 5.41) is 6.69. The number of nitrogens with zero attached hydrogens (tertiary/aromatic N) is 2. The Hall–Kier alpha value is -1.62. The lowest BCUT2D eigenvalue weighted by atomic mass is 10.1. The van der Waals surface area contributed by atoms with E-state index in [1.807, 2.05) is 25.1 Å². The van der Waals surface area contributed by atoms with E-state index in [-0.39, 0.29) is 5.82 Å². The fourth-order valence-corrected chi connectivity index (χ4v) is 2.38. The molecule has 1 aliphatic carbocycles. The Morgan fingerprint density at radius 3 is 2.73 bits per heavy atom. The van der Waals surface area contributed by atoms with E-state index in [0.717, 1.165) is 24.0 Å². The van der Waals surface area contributed by atoms with E-state index in [1.165, 1.54) is 12.5 Å². The summed E-state index contributed by atoms with van der Waals surface area (Å²) in [5.41, 5.74) is 1.74. The van der Waals surface area contributed by atoms with Crippen molar-refractivity contribution in [2.45, 2.75) is 39.4 Å². The topological polar surface area (TPSA) is 39.7 Å². The summed E-state index contributed by atoms with van der Waals surface area (Å²) in [7, 11) is 3.88. The summed E-state index contributed by atoms with van der Waals surface area (Å²) in [6, 6.07) is 5.78. The Bertz CT molecular complexity index is 527. The minimum atomic E-state index is -0.154. The van der Waals surface area contributed by atoms with Crippen LogP contribution in [0.2, 0.25) is 0 Å². The predicted molar refractivity (Wildman–Crippen MR) is 89.3 cm³/mol. The second-order valence-corrected chi connectivity index (χ2v) is 6.32. The number of halogens is 1. The number of aliphatic imine (C=N–C) groups is 1. The van der Waals surface area contributed by atoms with Crippen molar-refractivity contribution in [3.8, 4) is 0 Å². The smallest absolute Gasteiger partial charge is 0.191 e. The molecule has 1 fully saturated rings. The molecule has 2 N–H and O–H groups in total. The van der Waals surface area contributed by atoms with Crippen LogP contribution in [0.25, 0.3) is 0 Å². The van der Waals surface area contributed by atoms with Crippen molar-refractivity contribution in [2.75, 3.05) is 20.6 Å². The van der Waals surface area contributed by atoms with Crippen LogP contribution in [0.15, 0.2) is 23.2 Å². The van der Waals surface area contributed by atoms with E-state index in [1.54, 1.807) is 6.07 Å². The van der Waals surface area contributed by atoms with E-state index in [0.29, 0.717) is 24.7 Å². The monoisotopic (exact) mass is 306 g/mol. The number of hydrogen-bond donors (Lipinski definition) is 2. The van der Waals surface area contributed by atoms with E-state index < -0.39 is 0 Å². The SMILES string of the molecule is CCNC(=NCc1ccc(F)c(CN(C)C)c1)NC1CC1C.